The van der Waals surface area contributed by atoms with Gasteiger partial charge in [-0.05, 0) is 25.3 Å². The fourth-order valence-electron chi connectivity index (χ4n) is 3.01. The molecule has 21 heavy (non-hydrogen) atoms. The van der Waals surface area contributed by atoms with Crippen LogP contribution in [0.25, 0.3) is 0 Å². The van der Waals surface area contributed by atoms with Crippen LogP contribution in [-0.4, -0.2) is 32.8 Å². The van der Waals surface area contributed by atoms with E-state index in [0.29, 0.717) is 25.0 Å². The molecule has 0 spiro atoms. The number of hydrogen-bond acceptors (Lipinski definition) is 4. The molecular formula is C16H22O4S. The van der Waals surface area contributed by atoms with Crippen molar-refractivity contribution < 1.29 is 17.9 Å². The highest BCUT2D eigenvalue weighted by atomic mass is 32.2. The molecule has 0 bridgehead atoms. The summed E-state index contributed by atoms with van der Waals surface area (Å²) >= 11 is 0. The van der Waals surface area contributed by atoms with Gasteiger partial charge in [-0.3, -0.25) is 4.79 Å². The Bertz CT molecular complexity index is 606. The van der Waals surface area contributed by atoms with E-state index in [0.717, 1.165) is 18.4 Å². The average molecular weight is 310 g/mol. The summed E-state index contributed by atoms with van der Waals surface area (Å²) < 4.78 is 28.6. The number of carbonyl (C=O) groups is 1. The Kier molecular flexibility index (Phi) is 5.04. The van der Waals surface area contributed by atoms with Crippen molar-refractivity contribution in [2.45, 2.75) is 37.4 Å². The lowest BCUT2D eigenvalue weighted by Crippen LogP contribution is -2.31. The van der Waals surface area contributed by atoms with Crippen LogP contribution in [0.3, 0.4) is 0 Å². The molecule has 2 unspecified atom stereocenters. The molecule has 0 saturated heterocycles. The van der Waals surface area contributed by atoms with Gasteiger partial charge in [-0.15, -0.1) is 0 Å². The fourth-order valence-corrected chi connectivity index (χ4v) is 4.18. The molecule has 1 fully saturated rings. The zero-order chi connectivity index (χ0) is 15.5. The maximum Gasteiger partial charge on any atom is 0.150 e. The van der Waals surface area contributed by atoms with Crippen LogP contribution in [0.4, 0.5) is 0 Å². The molecule has 1 aliphatic carbocycles. The number of rotatable bonds is 5. The lowest BCUT2D eigenvalue weighted by Gasteiger charge is -2.27. The summed E-state index contributed by atoms with van der Waals surface area (Å²) in [4.78, 5) is 12.5. The summed E-state index contributed by atoms with van der Waals surface area (Å²) in [6.07, 6.45) is 4.32. The van der Waals surface area contributed by atoms with Gasteiger partial charge in [-0.1, -0.05) is 24.6 Å². The SMILES string of the molecule is COc1ccccc1CC(=O)C1CCCC(S(C)(=O)=O)C1. The van der Waals surface area contributed by atoms with E-state index in [2.05, 4.69) is 0 Å². The summed E-state index contributed by atoms with van der Waals surface area (Å²) in [5.41, 5.74) is 0.867. The van der Waals surface area contributed by atoms with E-state index in [-0.39, 0.29) is 17.0 Å². The van der Waals surface area contributed by atoms with Gasteiger partial charge in [0.25, 0.3) is 0 Å². The van der Waals surface area contributed by atoms with E-state index in [1.54, 1.807) is 7.11 Å². The minimum atomic E-state index is -3.05. The first-order valence-electron chi connectivity index (χ1n) is 7.25. The van der Waals surface area contributed by atoms with Crippen LogP contribution in [0.2, 0.25) is 0 Å². The average Bonchev–Trinajstić information content (AvgIpc) is 2.47. The monoisotopic (exact) mass is 310 g/mol. The Labute approximate surface area is 126 Å². The van der Waals surface area contributed by atoms with Gasteiger partial charge in [0.15, 0.2) is 0 Å². The van der Waals surface area contributed by atoms with Crippen molar-refractivity contribution in [3.63, 3.8) is 0 Å². The number of sulfone groups is 1. The molecule has 4 nitrogen and oxygen atoms in total. The summed E-state index contributed by atoms with van der Waals surface area (Å²) in [6, 6.07) is 7.47. The highest BCUT2D eigenvalue weighted by Gasteiger charge is 2.32. The maximum absolute atomic E-state index is 12.5. The van der Waals surface area contributed by atoms with Crippen molar-refractivity contribution in [3.8, 4) is 5.75 Å². The molecule has 0 heterocycles. The van der Waals surface area contributed by atoms with Crippen molar-refractivity contribution in [1.29, 1.82) is 0 Å². The largest absolute Gasteiger partial charge is 0.496 e. The van der Waals surface area contributed by atoms with Crippen molar-refractivity contribution >= 4 is 15.6 Å². The topological polar surface area (TPSA) is 60.4 Å². The summed E-state index contributed by atoms with van der Waals surface area (Å²) in [5.74, 6) is 0.678. The van der Waals surface area contributed by atoms with Crippen LogP contribution in [-0.2, 0) is 21.1 Å². The van der Waals surface area contributed by atoms with E-state index >= 15 is 0 Å². The van der Waals surface area contributed by atoms with E-state index in [1.807, 2.05) is 24.3 Å². The summed E-state index contributed by atoms with van der Waals surface area (Å²) in [5, 5.41) is -0.363. The number of methoxy groups -OCH3 is 1. The Hall–Kier alpha value is -1.36. The number of hydrogen-bond donors (Lipinski definition) is 0. The van der Waals surface area contributed by atoms with Crippen molar-refractivity contribution in [2.24, 2.45) is 5.92 Å². The standard InChI is InChI=1S/C16H22O4S/c1-20-16-9-4-3-6-13(16)11-15(17)12-7-5-8-14(10-12)21(2,18)19/h3-4,6,9,12,14H,5,7-8,10-11H2,1-2H3. The van der Waals surface area contributed by atoms with E-state index < -0.39 is 9.84 Å². The number of Topliss-reactive ketones (excluding diaryl/α,β-unsaturated/α-hetero) is 1. The van der Waals surface area contributed by atoms with Crippen molar-refractivity contribution in [3.05, 3.63) is 29.8 Å². The molecule has 0 radical (unpaired) electrons. The first-order chi connectivity index (χ1) is 9.91. The Morgan fingerprint density at radius 1 is 1.29 bits per heavy atom. The van der Waals surface area contributed by atoms with Crippen LogP contribution in [0.15, 0.2) is 24.3 Å². The van der Waals surface area contributed by atoms with Crippen molar-refractivity contribution in [2.75, 3.05) is 13.4 Å². The number of para-hydroxylation sites is 1. The minimum absolute atomic E-state index is 0.118. The lowest BCUT2D eigenvalue weighted by molar-refractivity contribution is -0.123. The van der Waals surface area contributed by atoms with E-state index in [9.17, 15) is 13.2 Å². The van der Waals surface area contributed by atoms with Crippen LogP contribution >= 0.6 is 0 Å². The Morgan fingerprint density at radius 3 is 2.67 bits per heavy atom. The zero-order valence-corrected chi connectivity index (χ0v) is 13.4. The number of ether oxygens (including phenoxy) is 1. The van der Waals surface area contributed by atoms with E-state index in [4.69, 9.17) is 4.74 Å². The van der Waals surface area contributed by atoms with E-state index in [1.165, 1.54) is 6.26 Å². The Morgan fingerprint density at radius 2 is 2.00 bits per heavy atom. The lowest BCUT2D eigenvalue weighted by atomic mass is 9.84. The first kappa shape index (κ1) is 16.0. The molecule has 1 aliphatic rings. The minimum Gasteiger partial charge on any atom is -0.496 e. The predicted octanol–water partition coefficient (Wildman–Crippen LogP) is 2.41. The quantitative estimate of drug-likeness (QED) is 0.838. The zero-order valence-electron chi connectivity index (χ0n) is 12.5. The van der Waals surface area contributed by atoms with Gasteiger partial charge in [0.2, 0.25) is 0 Å². The summed E-state index contributed by atoms with van der Waals surface area (Å²) in [7, 11) is -1.47. The highest BCUT2D eigenvalue weighted by Crippen LogP contribution is 2.30. The van der Waals surface area contributed by atoms with Gasteiger partial charge in [0.05, 0.1) is 12.4 Å². The maximum atomic E-state index is 12.5. The second kappa shape index (κ2) is 6.60. The normalized spacial score (nSPS) is 22.8. The van der Waals surface area contributed by atoms with Gasteiger partial charge in [-0.2, -0.15) is 0 Å². The van der Waals surface area contributed by atoms with Crippen LogP contribution in [0, 0.1) is 5.92 Å². The van der Waals surface area contributed by atoms with Gasteiger partial charge in [0.1, 0.15) is 21.4 Å². The Balaban J connectivity index is 2.06. The third kappa shape index (κ3) is 4.06. The number of carbonyl (C=O) groups excluding carboxylic acids is 1. The molecule has 0 aliphatic heterocycles. The molecule has 0 aromatic heterocycles. The predicted molar refractivity (Wildman–Crippen MR) is 82.3 cm³/mol. The number of ketones is 1. The van der Waals surface area contributed by atoms with Gasteiger partial charge < -0.3 is 4.74 Å². The molecular weight excluding hydrogens is 288 g/mol. The smallest absolute Gasteiger partial charge is 0.150 e. The molecule has 1 aromatic carbocycles. The molecule has 116 valence electrons. The summed E-state index contributed by atoms with van der Waals surface area (Å²) in [6.45, 7) is 0. The number of benzene rings is 1. The van der Waals surface area contributed by atoms with Crippen LogP contribution in [0.1, 0.15) is 31.2 Å². The second-order valence-corrected chi connectivity index (χ2v) is 8.10. The van der Waals surface area contributed by atoms with Crippen molar-refractivity contribution in [1.82, 2.24) is 0 Å². The van der Waals surface area contributed by atoms with Crippen LogP contribution in [0.5, 0.6) is 5.75 Å². The fraction of sp³-hybridized carbons (Fsp3) is 0.562. The van der Waals surface area contributed by atoms with Gasteiger partial charge >= 0.3 is 0 Å². The molecule has 0 N–H and O–H groups in total. The second-order valence-electron chi connectivity index (χ2n) is 5.77. The molecule has 0 amide bonds. The highest BCUT2D eigenvalue weighted by molar-refractivity contribution is 7.91. The third-order valence-electron chi connectivity index (χ3n) is 4.24. The molecule has 5 heteroatoms. The molecule has 1 saturated carbocycles. The van der Waals surface area contributed by atoms with Gasteiger partial charge in [0, 0.05) is 24.2 Å². The third-order valence-corrected chi connectivity index (χ3v) is 5.88. The molecule has 2 rings (SSSR count). The van der Waals surface area contributed by atoms with Gasteiger partial charge in [-0.25, -0.2) is 8.42 Å². The molecule has 1 aromatic rings. The van der Waals surface area contributed by atoms with Crippen LogP contribution < -0.4 is 4.74 Å². The first-order valence-corrected chi connectivity index (χ1v) is 9.20. The molecule has 2 atom stereocenters.